The third-order valence-electron chi connectivity index (χ3n) is 4.50. The highest BCUT2D eigenvalue weighted by molar-refractivity contribution is 5.80. The second-order valence-electron chi connectivity index (χ2n) is 5.99. The van der Waals surface area contributed by atoms with Crippen LogP contribution in [0.3, 0.4) is 0 Å². The summed E-state index contributed by atoms with van der Waals surface area (Å²) >= 11 is 0. The Morgan fingerprint density at radius 3 is 2.59 bits per heavy atom. The highest BCUT2D eigenvalue weighted by atomic mass is 16.2. The van der Waals surface area contributed by atoms with Gasteiger partial charge in [0, 0.05) is 50.2 Å². The van der Waals surface area contributed by atoms with Gasteiger partial charge in [-0.3, -0.25) is 9.69 Å². The van der Waals surface area contributed by atoms with Gasteiger partial charge in [0.2, 0.25) is 5.91 Å². The molecular formula is C13H23N3O. The van der Waals surface area contributed by atoms with E-state index in [4.69, 9.17) is 0 Å². The maximum absolute atomic E-state index is 12.0. The monoisotopic (exact) mass is 237 g/mol. The van der Waals surface area contributed by atoms with Crippen LogP contribution in [0.25, 0.3) is 0 Å². The van der Waals surface area contributed by atoms with Crippen LogP contribution in [0.15, 0.2) is 0 Å². The summed E-state index contributed by atoms with van der Waals surface area (Å²) in [4.78, 5) is 16.6. The van der Waals surface area contributed by atoms with Crippen molar-refractivity contribution in [2.75, 3.05) is 19.6 Å². The summed E-state index contributed by atoms with van der Waals surface area (Å²) in [6, 6.07) is 2.09. The standard InChI is InChI=1S/C13H23N3O/c1-9-7-15(8-10(2)14-9)12-6-13(17)16-5-3-4-11(12)16/h9-12,14H,3-8H2,1-2H3. The Balaban J connectivity index is 1.73. The lowest BCUT2D eigenvalue weighted by Crippen LogP contribution is -2.58. The summed E-state index contributed by atoms with van der Waals surface area (Å²) in [6.45, 7) is 7.66. The maximum atomic E-state index is 12.0. The molecule has 4 nitrogen and oxygen atoms in total. The molecule has 0 spiro atoms. The minimum atomic E-state index is 0.385. The average Bonchev–Trinajstić information content (AvgIpc) is 2.81. The van der Waals surface area contributed by atoms with Gasteiger partial charge < -0.3 is 10.2 Å². The number of hydrogen-bond acceptors (Lipinski definition) is 3. The summed E-state index contributed by atoms with van der Waals surface area (Å²) in [5.74, 6) is 0.385. The van der Waals surface area contributed by atoms with Crippen molar-refractivity contribution in [2.45, 2.75) is 57.3 Å². The van der Waals surface area contributed by atoms with Gasteiger partial charge in [0.15, 0.2) is 0 Å². The number of hydrogen-bond donors (Lipinski definition) is 1. The van der Waals surface area contributed by atoms with Crippen LogP contribution in [0.1, 0.15) is 33.1 Å². The molecular weight excluding hydrogens is 214 g/mol. The molecule has 3 rings (SSSR count). The van der Waals surface area contributed by atoms with Crippen molar-refractivity contribution in [3.8, 4) is 0 Å². The molecule has 0 aromatic rings. The number of carbonyl (C=O) groups excluding carboxylic acids is 1. The van der Waals surface area contributed by atoms with Crippen LogP contribution in [-0.4, -0.2) is 59.5 Å². The molecule has 0 aromatic carbocycles. The van der Waals surface area contributed by atoms with Gasteiger partial charge in [-0.2, -0.15) is 0 Å². The average molecular weight is 237 g/mol. The van der Waals surface area contributed by atoms with Gasteiger partial charge in [-0.15, -0.1) is 0 Å². The van der Waals surface area contributed by atoms with Gasteiger partial charge in [-0.1, -0.05) is 0 Å². The lowest BCUT2D eigenvalue weighted by atomic mass is 10.0. The molecule has 0 bridgehead atoms. The first-order valence-corrected chi connectivity index (χ1v) is 6.94. The Hall–Kier alpha value is -0.610. The number of rotatable bonds is 1. The summed E-state index contributed by atoms with van der Waals surface area (Å²) in [5, 5.41) is 3.56. The molecule has 3 saturated heterocycles. The predicted molar refractivity (Wildman–Crippen MR) is 66.8 cm³/mol. The maximum Gasteiger partial charge on any atom is 0.224 e. The van der Waals surface area contributed by atoms with E-state index in [1.54, 1.807) is 0 Å². The largest absolute Gasteiger partial charge is 0.338 e. The van der Waals surface area contributed by atoms with E-state index in [9.17, 15) is 4.79 Å². The highest BCUT2D eigenvalue weighted by Gasteiger charge is 2.45. The van der Waals surface area contributed by atoms with Gasteiger partial charge in [0.1, 0.15) is 0 Å². The van der Waals surface area contributed by atoms with E-state index in [2.05, 4.69) is 29.0 Å². The Bertz CT molecular complexity index is 310. The van der Waals surface area contributed by atoms with Crippen LogP contribution in [0.5, 0.6) is 0 Å². The summed E-state index contributed by atoms with van der Waals surface area (Å²) < 4.78 is 0. The number of nitrogens with one attached hydrogen (secondary N) is 1. The predicted octanol–water partition coefficient (Wildman–Crippen LogP) is 0.432. The lowest BCUT2D eigenvalue weighted by molar-refractivity contribution is -0.127. The molecule has 0 saturated carbocycles. The van der Waals surface area contributed by atoms with Gasteiger partial charge in [-0.25, -0.2) is 0 Å². The van der Waals surface area contributed by atoms with Crippen molar-refractivity contribution in [2.24, 2.45) is 0 Å². The van der Waals surface area contributed by atoms with E-state index < -0.39 is 0 Å². The van der Waals surface area contributed by atoms with E-state index in [0.717, 1.165) is 26.1 Å². The molecule has 96 valence electrons. The van der Waals surface area contributed by atoms with Crippen LogP contribution in [0, 0.1) is 0 Å². The Morgan fingerprint density at radius 2 is 1.88 bits per heavy atom. The molecule has 3 aliphatic heterocycles. The van der Waals surface area contributed by atoms with Crippen LogP contribution in [0.2, 0.25) is 0 Å². The fourth-order valence-corrected chi connectivity index (χ4v) is 3.95. The smallest absolute Gasteiger partial charge is 0.224 e. The van der Waals surface area contributed by atoms with Gasteiger partial charge in [-0.05, 0) is 26.7 Å². The fraction of sp³-hybridized carbons (Fsp3) is 0.923. The molecule has 3 aliphatic rings. The molecule has 0 aromatic heterocycles. The van der Waals surface area contributed by atoms with Crippen molar-refractivity contribution >= 4 is 5.91 Å². The molecule has 3 heterocycles. The van der Waals surface area contributed by atoms with Crippen molar-refractivity contribution in [3.63, 3.8) is 0 Å². The fourth-order valence-electron chi connectivity index (χ4n) is 3.95. The van der Waals surface area contributed by atoms with Crippen molar-refractivity contribution in [3.05, 3.63) is 0 Å². The quantitative estimate of drug-likeness (QED) is 0.718. The molecule has 4 unspecified atom stereocenters. The van der Waals surface area contributed by atoms with E-state index >= 15 is 0 Å². The molecule has 17 heavy (non-hydrogen) atoms. The molecule has 0 radical (unpaired) electrons. The summed E-state index contributed by atoms with van der Waals surface area (Å²) in [6.07, 6.45) is 3.16. The van der Waals surface area contributed by atoms with Crippen LogP contribution in [0.4, 0.5) is 0 Å². The third kappa shape index (κ3) is 1.97. The number of piperazine rings is 1. The van der Waals surface area contributed by atoms with E-state index in [1.807, 2.05) is 0 Å². The van der Waals surface area contributed by atoms with Gasteiger partial charge in [0.05, 0.1) is 0 Å². The first kappa shape index (κ1) is 11.5. The van der Waals surface area contributed by atoms with Crippen molar-refractivity contribution in [1.29, 1.82) is 0 Å². The van der Waals surface area contributed by atoms with Crippen molar-refractivity contribution < 1.29 is 4.79 Å². The Labute approximate surface area is 103 Å². The second-order valence-corrected chi connectivity index (χ2v) is 5.99. The first-order chi connectivity index (χ1) is 8.15. The second kappa shape index (κ2) is 4.25. The number of carbonyl (C=O) groups is 1. The van der Waals surface area contributed by atoms with E-state index in [1.165, 1.54) is 12.8 Å². The zero-order valence-electron chi connectivity index (χ0n) is 10.9. The molecule has 3 fully saturated rings. The minimum Gasteiger partial charge on any atom is -0.338 e. The molecule has 4 atom stereocenters. The number of amides is 1. The SMILES string of the molecule is CC1CN(C2CC(=O)N3CCCC23)CC(C)N1. The molecule has 4 heteroatoms. The highest BCUT2D eigenvalue weighted by Crippen LogP contribution is 2.32. The zero-order valence-corrected chi connectivity index (χ0v) is 10.9. The molecule has 0 aliphatic carbocycles. The van der Waals surface area contributed by atoms with Crippen LogP contribution < -0.4 is 5.32 Å². The summed E-state index contributed by atoms with van der Waals surface area (Å²) in [5.41, 5.74) is 0. The van der Waals surface area contributed by atoms with Gasteiger partial charge in [0.25, 0.3) is 0 Å². The van der Waals surface area contributed by atoms with Crippen LogP contribution >= 0.6 is 0 Å². The number of nitrogens with zero attached hydrogens (tertiary/aromatic N) is 2. The topological polar surface area (TPSA) is 35.6 Å². The van der Waals surface area contributed by atoms with E-state index in [0.29, 0.717) is 30.1 Å². The van der Waals surface area contributed by atoms with E-state index in [-0.39, 0.29) is 0 Å². The summed E-state index contributed by atoms with van der Waals surface area (Å²) in [7, 11) is 0. The van der Waals surface area contributed by atoms with Crippen LogP contribution in [-0.2, 0) is 4.79 Å². The zero-order chi connectivity index (χ0) is 12.0. The molecule has 1 amide bonds. The van der Waals surface area contributed by atoms with Crippen molar-refractivity contribution in [1.82, 2.24) is 15.1 Å². The lowest BCUT2D eigenvalue weighted by Gasteiger charge is -2.41. The Kier molecular flexibility index (Phi) is 2.87. The van der Waals surface area contributed by atoms with Gasteiger partial charge >= 0.3 is 0 Å². The first-order valence-electron chi connectivity index (χ1n) is 6.94. The third-order valence-corrected chi connectivity index (χ3v) is 4.50. The number of fused-ring (bicyclic) bond motifs is 1. The normalized spacial score (nSPS) is 43.2. The Morgan fingerprint density at radius 1 is 1.18 bits per heavy atom. The molecule has 1 N–H and O–H groups in total. The minimum absolute atomic E-state index is 0.385.